The second-order valence-corrected chi connectivity index (χ2v) is 8.06. The molecule has 2 aliphatic rings. The molecule has 0 saturated carbocycles. The molecule has 140 valence electrons. The van der Waals surface area contributed by atoms with Crippen LogP contribution in [0.2, 0.25) is 0 Å². The SMILES string of the molecule is O=C(c1cccc(CSc2cccc3c2C=CCC3)n1)N1CCCCC1O. The summed E-state index contributed by atoms with van der Waals surface area (Å²) in [6, 6.07) is 12.0. The van der Waals surface area contributed by atoms with Crippen LogP contribution >= 0.6 is 11.8 Å². The first-order valence-corrected chi connectivity index (χ1v) is 10.6. The van der Waals surface area contributed by atoms with Gasteiger partial charge >= 0.3 is 0 Å². The van der Waals surface area contributed by atoms with Gasteiger partial charge in [-0.1, -0.05) is 30.4 Å². The van der Waals surface area contributed by atoms with Crippen LogP contribution in [0, 0.1) is 0 Å². The van der Waals surface area contributed by atoms with Crippen molar-refractivity contribution in [3.63, 3.8) is 0 Å². The molecule has 1 saturated heterocycles. The van der Waals surface area contributed by atoms with Gasteiger partial charge in [0.25, 0.3) is 5.91 Å². The Kier molecular flexibility index (Phi) is 5.60. The highest BCUT2D eigenvalue weighted by atomic mass is 32.2. The number of hydrogen-bond donors (Lipinski definition) is 1. The Balaban J connectivity index is 1.47. The molecule has 4 rings (SSSR count). The summed E-state index contributed by atoms with van der Waals surface area (Å²) < 4.78 is 0. The zero-order chi connectivity index (χ0) is 18.6. The molecule has 5 heteroatoms. The fourth-order valence-electron chi connectivity index (χ4n) is 3.69. The molecule has 1 aliphatic heterocycles. The third-order valence-corrected chi connectivity index (χ3v) is 6.26. The number of likely N-dealkylation sites (tertiary alicyclic amines) is 1. The highest BCUT2D eigenvalue weighted by molar-refractivity contribution is 7.98. The number of hydrogen-bond acceptors (Lipinski definition) is 4. The smallest absolute Gasteiger partial charge is 0.274 e. The van der Waals surface area contributed by atoms with Crippen LogP contribution in [0.25, 0.3) is 6.08 Å². The molecule has 0 bridgehead atoms. The zero-order valence-electron chi connectivity index (χ0n) is 15.3. The van der Waals surface area contributed by atoms with Crippen molar-refractivity contribution >= 4 is 23.7 Å². The maximum absolute atomic E-state index is 12.7. The van der Waals surface area contributed by atoms with Crippen LogP contribution < -0.4 is 0 Å². The van der Waals surface area contributed by atoms with Crippen molar-refractivity contribution in [2.75, 3.05) is 6.54 Å². The van der Waals surface area contributed by atoms with E-state index < -0.39 is 6.23 Å². The number of carbonyl (C=O) groups excluding carboxylic acids is 1. The van der Waals surface area contributed by atoms with Crippen molar-refractivity contribution in [3.05, 3.63) is 65.0 Å². The third kappa shape index (κ3) is 4.09. The zero-order valence-corrected chi connectivity index (χ0v) is 16.1. The van der Waals surface area contributed by atoms with Gasteiger partial charge in [-0.3, -0.25) is 4.79 Å². The maximum Gasteiger partial charge on any atom is 0.274 e. The molecular formula is C22H24N2O2S. The molecule has 1 aromatic heterocycles. The molecule has 1 N–H and O–H groups in total. The quantitative estimate of drug-likeness (QED) is 0.805. The fourth-order valence-corrected chi connectivity index (χ4v) is 4.68. The van der Waals surface area contributed by atoms with E-state index in [4.69, 9.17) is 0 Å². The van der Waals surface area contributed by atoms with Gasteiger partial charge < -0.3 is 10.0 Å². The molecular weight excluding hydrogens is 356 g/mol. The number of pyridine rings is 1. The van der Waals surface area contributed by atoms with Crippen LogP contribution in [0.5, 0.6) is 0 Å². The first kappa shape index (κ1) is 18.3. The number of aliphatic hydroxyl groups is 1. The number of rotatable bonds is 4. The minimum absolute atomic E-state index is 0.172. The van der Waals surface area contributed by atoms with E-state index in [1.54, 1.807) is 22.7 Å². The van der Waals surface area contributed by atoms with E-state index in [1.165, 1.54) is 16.0 Å². The molecule has 2 aromatic rings. The van der Waals surface area contributed by atoms with E-state index in [0.29, 0.717) is 24.4 Å². The number of piperidine rings is 1. The number of fused-ring (bicyclic) bond motifs is 1. The number of carbonyl (C=O) groups is 1. The summed E-state index contributed by atoms with van der Waals surface area (Å²) in [6.45, 7) is 0.600. The number of nitrogens with zero attached hydrogens (tertiary/aromatic N) is 2. The van der Waals surface area contributed by atoms with Crippen molar-refractivity contribution in [3.8, 4) is 0 Å². The topological polar surface area (TPSA) is 53.4 Å². The van der Waals surface area contributed by atoms with Crippen molar-refractivity contribution in [1.82, 2.24) is 9.88 Å². The van der Waals surface area contributed by atoms with Crippen molar-refractivity contribution in [1.29, 1.82) is 0 Å². The minimum atomic E-state index is -0.686. The molecule has 1 unspecified atom stereocenters. The van der Waals surface area contributed by atoms with Crippen LogP contribution in [0.1, 0.15) is 53.0 Å². The molecule has 0 radical (unpaired) electrons. The van der Waals surface area contributed by atoms with Gasteiger partial charge in [0, 0.05) is 17.2 Å². The predicted molar refractivity (Wildman–Crippen MR) is 108 cm³/mol. The number of aryl methyl sites for hydroxylation is 1. The summed E-state index contributed by atoms with van der Waals surface area (Å²) in [7, 11) is 0. The van der Waals surface area contributed by atoms with Gasteiger partial charge in [-0.15, -0.1) is 11.8 Å². The van der Waals surface area contributed by atoms with Gasteiger partial charge in [0.15, 0.2) is 0 Å². The van der Waals surface area contributed by atoms with E-state index in [2.05, 4.69) is 35.3 Å². The lowest BCUT2D eigenvalue weighted by Crippen LogP contribution is -2.43. The average molecular weight is 381 g/mol. The van der Waals surface area contributed by atoms with Gasteiger partial charge in [-0.2, -0.15) is 0 Å². The first-order valence-electron chi connectivity index (χ1n) is 9.58. The Labute approximate surface area is 164 Å². The third-order valence-electron chi connectivity index (χ3n) is 5.15. The van der Waals surface area contributed by atoms with E-state index in [-0.39, 0.29) is 5.91 Å². The van der Waals surface area contributed by atoms with Gasteiger partial charge in [0.05, 0.1) is 5.69 Å². The second kappa shape index (κ2) is 8.28. The normalized spacial score (nSPS) is 19.0. The Morgan fingerprint density at radius 2 is 2.11 bits per heavy atom. The molecule has 2 heterocycles. The van der Waals surface area contributed by atoms with Crippen molar-refractivity contribution in [2.24, 2.45) is 0 Å². The lowest BCUT2D eigenvalue weighted by atomic mass is 9.98. The number of aromatic nitrogens is 1. The first-order chi connectivity index (χ1) is 13.2. The maximum atomic E-state index is 12.7. The summed E-state index contributed by atoms with van der Waals surface area (Å²) in [4.78, 5) is 20.1. The molecule has 1 amide bonds. The van der Waals surface area contributed by atoms with E-state index in [1.807, 2.05) is 12.1 Å². The summed E-state index contributed by atoms with van der Waals surface area (Å²) in [5, 5.41) is 10.1. The van der Waals surface area contributed by atoms with Gasteiger partial charge in [0.1, 0.15) is 11.9 Å². The molecule has 0 spiro atoms. The van der Waals surface area contributed by atoms with Crippen molar-refractivity contribution < 1.29 is 9.90 Å². The Bertz CT molecular complexity index is 865. The molecule has 4 nitrogen and oxygen atoms in total. The lowest BCUT2D eigenvalue weighted by Gasteiger charge is -2.31. The Hall–Kier alpha value is -2.11. The molecule has 1 aliphatic carbocycles. The molecule has 1 atom stereocenters. The predicted octanol–water partition coefficient (Wildman–Crippen LogP) is 4.28. The number of aliphatic hydroxyl groups excluding tert-OH is 1. The number of amides is 1. The summed E-state index contributed by atoms with van der Waals surface area (Å²) >= 11 is 1.76. The van der Waals surface area contributed by atoms with Crippen LogP contribution in [-0.2, 0) is 12.2 Å². The second-order valence-electron chi connectivity index (χ2n) is 7.05. The van der Waals surface area contributed by atoms with Crippen LogP contribution in [0.4, 0.5) is 0 Å². The number of benzene rings is 1. The highest BCUT2D eigenvalue weighted by Gasteiger charge is 2.26. The van der Waals surface area contributed by atoms with Crippen LogP contribution in [0.15, 0.2) is 47.4 Å². The lowest BCUT2D eigenvalue weighted by molar-refractivity contribution is -0.0124. The van der Waals surface area contributed by atoms with Gasteiger partial charge in [-0.25, -0.2) is 4.98 Å². The largest absolute Gasteiger partial charge is 0.374 e. The summed E-state index contributed by atoms with van der Waals surface area (Å²) in [5.41, 5.74) is 4.02. The number of allylic oxidation sites excluding steroid dienone is 1. The van der Waals surface area contributed by atoms with E-state index >= 15 is 0 Å². The highest BCUT2D eigenvalue weighted by Crippen LogP contribution is 2.32. The van der Waals surface area contributed by atoms with E-state index in [0.717, 1.165) is 31.4 Å². The standard InChI is InChI=1S/C22H24N2O2S/c25-21-13-3-4-14-24(21)22(26)19-11-6-9-17(23-19)15-27-20-12-5-8-16-7-1-2-10-18(16)20/h2,5-6,8-12,21,25H,1,3-4,7,13-15H2. The van der Waals surface area contributed by atoms with Crippen LogP contribution in [-0.4, -0.2) is 33.7 Å². The number of thioether (sulfide) groups is 1. The average Bonchev–Trinajstić information content (AvgIpc) is 2.72. The molecule has 1 fully saturated rings. The Morgan fingerprint density at radius 1 is 1.22 bits per heavy atom. The van der Waals surface area contributed by atoms with Crippen molar-refractivity contribution in [2.45, 2.75) is 49.0 Å². The summed E-state index contributed by atoms with van der Waals surface area (Å²) in [6.07, 6.45) is 8.51. The van der Waals surface area contributed by atoms with E-state index in [9.17, 15) is 9.90 Å². The molecule has 1 aromatic carbocycles. The van der Waals surface area contributed by atoms with Gasteiger partial charge in [-0.05, 0) is 61.4 Å². The Morgan fingerprint density at radius 3 is 3.00 bits per heavy atom. The summed E-state index contributed by atoms with van der Waals surface area (Å²) in [5.74, 6) is 0.544. The van der Waals surface area contributed by atoms with Crippen LogP contribution in [0.3, 0.4) is 0 Å². The van der Waals surface area contributed by atoms with Gasteiger partial charge in [0.2, 0.25) is 0 Å². The molecule has 27 heavy (non-hydrogen) atoms. The minimum Gasteiger partial charge on any atom is -0.374 e. The fraction of sp³-hybridized carbons (Fsp3) is 0.364. The monoisotopic (exact) mass is 380 g/mol.